The fraction of sp³-hybridized carbons (Fsp3) is 1.00. The SMILES string of the molecule is CCCCCCCCCCCCCCCCC(C)OC(C)OC. The minimum Gasteiger partial charge on any atom is -0.356 e. The molecule has 2 heteroatoms. The van der Waals surface area contributed by atoms with E-state index in [1.807, 2.05) is 6.92 Å². The summed E-state index contributed by atoms with van der Waals surface area (Å²) in [5.74, 6) is 0. The molecule has 2 atom stereocenters. The van der Waals surface area contributed by atoms with Crippen molar-refractivity contribution in [2.75, 3.05) is 7.11 Å². The predicted molar refractivity (Wildman–Crippen MR) is 102 cm³/mol. The number of methoxy groups -OCH3 is 1. The summed E-state index contributed by atoms with van der Waals surface area (Å²) in [5, 5.41) is 0. The monoisotopic (exact) mass is 328 g/mol. The van der Waals surface area contributed by atoms with E-state index in [2.05, 4.69) is 13.8 Å². The average Bonchev–Trinajstić information content (AvgIpc) is 2.55. The van der Waals surface area contributed by atoms with E-state index in [0.29, 0.717) is 6.10 Å². The fourth-order valence-electron chi connectivity index (χ4n) is 3.08. The van der Waals surface area contributed by atoms with Gasteiger partial charge < -0.3 is 9.47 Å². The van der Waals surface area contributed by atoms with Crippen molar-refractivity contribution < 1.29 is 9.47 Å². The maximum Gasteiger partial charge on any atom is 0.154 e. The zero-order valence-corrected chi connectivity index (χ0v) is 16.6. The predicted octanol–water partition coefficient (Wildman–Crippen LogP) is 7.26. The highest BCUT2D eigenvalue weighted by atomic mass is 16.7. The van der Waals surface area contributed by atoms with Crippen LogP contribution in [0, 0.1) is 0 Å². The van der Waals surface area contributed by atoms with Crippen molar-refractivity contribution in [2.24, 2.45) is 0 Å². The Hall–Kier alpha value is -0.0800. The Morgan fingerprint density at radius 1 is 0.609 bits per heavy atom. The standard InChI is InChI=1S/C21H44O2/c1-5-6-7-8-9-10-11-12-13-14-15-16-17-18-19-20(2)23-21(3)22-4/h20-21H,5-19H2,1-4H3. The Bertz CT molecular complexity index is 218. The third kappa shape index (κ3) is 18.1. The lowest BCUT2D eigenvalue weighted by atomic mass is 10.0. The van der Waals surface area contributed by atoms with Gasteiger partial charge in [0.05, 0.1) is 6.10 Å². The summed E-state index contributed by atoms with van der Waals surface area (Å²) in [4.78, 5) is 0. The molecule has 0 saturated carbocycles. The fourth-order valence-corrected chi connectivity index (χ4v) is 3.08. The van der Waals surface area contributed by atoms with E-state index in [4.69, 9.17) is 9.47 Å². The quantitative estimate of drug-likeness (QED) is 0.195. The van der Waals surface area contributed by atoms with Gasteiger partial charge >= 0.3 is 0 Å². The van der Waals surface area contributed by atoms with Crippen molar-refractivity contribution in [3.05, 3.63) is 0 Å². The molecule has 2 unspecified atom stereocenters. The zero-order chi connectivity index (χ0) is 17.2. The summed E-state index contributed by atoms with van der Waals surface area (Å²) in [6.07, 6.45) is 21.3. The molecule has 0 saturated heterocycles. The smallest absolute Gasteiger partial charge is 0.154 e. The second-order valence-electron chi connectivity index (χ2n) is 7.13. The Kier molecular flexibility index (Phi) is 18.2. The van der Waals surface area contributed by atoms with Crippen LogP contribution < -0.4 is 0 Å². The highest BCUT2D eigenvalue weighted by molar-refractivity contribution is 4.53. The molecular weight excluding hydrogens is 284 g/mol. The minimum absolute atomic E-state index is 0.0726. The van der Waals surface area contributed by atoms with Crippen LogP contribution in [0.25, 0.3) is 0 Å². The molecule has 0 radical (unpaired) electrons. The average molecular weight is 329 g/mol. The maximum atomic E-state index is 5.69. The van der Waals surface area contributed by atoms with Crippen LogP contribution in [0.4, 0.5) is 0 Å². The molecule has 0 heterocycles. The number of rotatable bonds is 18. The number of unbranched alkanes of at least 4 members (excludes halogenated alkanes) is 13. The lowest BCUT2D eigenvalue weighted by molar-refractivity contribution is -0.140. The molecule has 0 aromatic rings. The number of hydrogen-bond donors (Lipinski definition) is 0. The van der Waals surface area contributed by atoms with E-state index in [1.54, 1.807) is 7.11 Å². The van der Waals surface area contributed by atoms with Gasteiger partial charge in [0.25, 0.3) is 0 Å². The van der Waals surface area contributed by atoms with Crippen LogP contribution in [0.3, 0.4) is 0 Å². The molecule has 0 aliphatic rings. The summed E-state index contributed by atoms with van der Waals surface area (Å²) in [5.41, 5.74) is 0. The van der Waals surface area contributed by atoms with Gasteiger partial charge in [0, 0.05) is 7.11 Å². The van der Waals surface area contributed by atoms with Crippen LogP contribution in [-0.4, -0.2) is 19.5 Å². The molecule has 0 rings (SSSR count). The molecule has 0 bridgehead atoms. The van der Waals surface area contributed by atoms with Crippen LogP contribution in [-0.2, 0) is 9.47 Å². The van der Waals surface area contributed by atoms with Crippen LogP contribution in [0.15, 0.2) is 0 Å². The van der Waals surface area contributed by atoms with Gasteiger partial charge in [0.15, 0.2) is 6.29 Å². The van der Waals surface area contributed by atoms with E-state index in [9.17, 15) is 0 Å². The molecule has 0 N–H and O–H groups in total. The van der Waals surface area contributed by atoms with Gasteiger partial charge in [-0.25, -0.2) is 0 Å². The van der Waals surface area contributed by atoms with Gasteiger partial charge in [0.2, 0.25) is 0 Å². The van der Waals surface area contributed by atoms with Crippen molar-refractivity contribution >= 4 is 0 Å². The number of ether oxygens (including phenoxy) is 2. The first-order valence-electron chi connectivity index (χ1n) is 10.4. The summed E-state index contributed by atoms with van der Waals surface area (Å²) < 4.78 is 10.8. The molecule has 0 spiro atoms. The molecule has 0 aromatic heterocycles. The highest BCUT2D eigenvalue weighted by Gasteiger charge is 2.06. The number of hydrogen-bond acceptors (Lipinski definition) is 2. The second-order valence-corrected chi connectivity index (χ2v) is 7.13. The zero-order valence-electron chi connectivity index (χ0n) is 16.6. The van der Waals surface area contributed by atoms with Crippen molar-refractivity contribution in [2.45, 2.75) is 129 Å². The Balaban J connectivity index is 3.10. The lowest BCUT2D eigenvalue weighted by Crippen LogP contribution is -2.18. The van der Waals surface area contributed by atoms with Gasteiger partial charge in [0.1, 0.15) is 0 Å². The maximum absolute atomic E-state index is 5.69. The molecule has 0 fully saturated rings. The van der Waals surface area contributed by atoms with E-state index < -0.39 is 0 Å². The molecular formula is C21H44O2. The van der Waals surface area contributed by atoms with Crippen LogP contribution >= 0.6 is 0 Å². The normalized spacial score (nSPS) is 14.1. The molecule has 0 aliphatic heterocycles. The van der Waals surface area contributed by atoms with Gasteiger partial charge in [-0.2, -0.15) is 0 Å². The molecule has 0 amide bonds. The van der Waals surface area contributed by atoms with Gasteiger partial charge in [-0.3, -0.25) is 0 Å². The topological polar surface area (TPSA) is 18.5 Å². The van der Waals surface area contributed by atoms with Crippen molar-refractivity contribution in [1.82, 2.24) is 0 Å². The Morgan fingerprint density at radius 3 is 1.39 bits per heavy atom. The van der Waals surface area contributed by atoms with E-state index in [-0.39, 0.29) is 6.29 Å². The molecule has 0 aromatic carbocycles. The van der Waals surface area contributed by atoms with E-state index in [1.165, 1.54) is 89.9 Å². The van der Waals surface area contributed by atoms with Crippen LogP contribution in [0.5, 0.6) is 0 Å². The first-order chi connectivity index (χ1) is 11.2. The minimum atomic E-state index is -0.0726. The van der Waals surface area contributed by atoms with Crippen molar-refractivity contribution in [3.63, 3.8) is 0 Å². The summed E-state index contributed by atoms with van der Waals surface area (Å²) in [6.45, 7) is 6.40. The molecule has 2 nitrogen and oxygen atoms in total. The molecule has 23 heavy (non-hydrogen) atoms. The second kappa shape index (κ2) is 18.3. The summed E-state index contributed by atoms with van der Waals surface area (Å²) >= 11 is 0. The molecule has 0 aliphatic carbocycles. The Labute approximate surface area is 146 Å². The highest BCUT2D eigenvalue weighted by Crippen LogP contribution is 2.14. The lowest BCUT2D eigenvalue weighted by Gasteiger charge is -2.17. The Morgan fingerprint density at radius 2 is 1.00 bits per heavy atom. The van der Waals surface area contributed by atoms with Crippen molar-refractivity contribution in [1.29, 1.82) is 0 Å². The third-order valence-corrected chi connectivity index (χ3v) is 4.72. The first-order valence-corrected chi connectivity index (χ1v) is 10.4. The largest absolute Gasteiger partial charge is 0.356 e. The van der Waals surface area contributed by atoms with Gasteiger partial charge in [-0.1, -0.05) is 96.8 Å². The van der Waals surface area contributed by atoms with Crippen LogP contribution in [0.2, 0.25) is 0 Å². The van der Waals surface area contributed by atoms with E-state index in [0.717, 1.165) is 6.42 Å². The van der Waals surface area contributed by atoms with Crippen LogP contribution in [0.1, 0.15) is 117 Å². The molecule has 140 valence electrons. The summed E-state index contributed by atoms with van der Waals surface area (Å²) in [6, 6.07) is 0. The first kappa shape index (κ1) is 22.9. The van der Waals surface area contributed by atoms with Gasteiger partial charge in [-0.15, -0.1) is 0 Å². The van der Waals surface area contributed by atoms with E-state index >= 15 is 0 Å². The van der Waals surface area contributed by atoms with Gasteiger partial charge in [-0.05, 0) is 20.3 Å². The third-order valence-electron chi connectivity index (χ3n) is 4.72. The van der Waals surface area contributed by atoms with Crippen molar-refractivity contribution in [3.8, 4) is 0 Å². The summed E-state index contributed by atoms with van der Waals surface area (Å²) in [7, 11) is 1.70.